The van der Waals surface area contributed by atoms with E-state index in [-0.39, 0.29) is 18.0 Å². The largest absolute Gasteiger partial charge is 0.494 e. The van der Waals surface area contributed by atoms with Gasteiger partial charge in [0, 0.05) is 30.4 Å². The van der Waals surface area contributed by atoms with Gasteiger partial charge in [-0.3, -0.25) is 4.79 Å². The molecule has 1 heterocycles. The van der Waals surface area contributed by atoms with E-state index in [0.717, 1.165) is 36.3 Å². The van der Waals surface area contributed by atoms with Gasteiger partial charge in [0.2, 0.25) is 0 Å². The van der Waals surface area contributed by atoms with Crippen molar-refractivity contribution in [1.29, 1.82) is 0 Å². The average molecular weight is 396 g/mol. The monoisotopic (exact) mass is 395 g/mol. The van der Waals surface area contributed by atoms with Crippen molar-refractivity contribution in [3.8, 4) is 5.75 Å². The highest BCUT2D eigenvalue weighted by Gasteiger charge is 2.24. The van der Waals surface area contributed by atoms with Crippen molar-refractivity contribution in [2.24, 2.45) is 0 Å². The van der Waals surface area contributed by atoms with Crippen LogP contribution in [0.4, 0.5) is 10.5 Å². The summed E-state index contributed by atoms with van der Waals surface area (Å²) in [5.74, 6) is 0.667. The predicted octanol–water partition coefficient (Wildman–Crippen LogP) is 4.07. The number of para-hydroxylation sites is 1. The summed E-state index contributed by atoms with van der Waals surface area (Å²) < 4.78 is 5.41. The molecule has 0 spiro atoms. The van der Waals surface area contributed by atoms with Gasteiger partial charge >= 0.3 is 6.03 Å². The highest BCUT2D eigenvalue weighted by molar-refractivity contribution is 5.94. The van der Waals surface area contributed by atoms with Crippen molar-refractivity contribution >= 4 is 17.6 Å². The highest BCUT2D eigenvalue weighted by Crippen LogP contribution is 2.18. The number of hydrogen-bond acceptors (Lipinski definition) is 3. The Bertz CT molecular complexity index is 828. The van der Waals surface area contributed by atoms with Gasteiger partial charge in [0.25, 0.3) is 5.91 Å². The van der Waals surface area contributed by atoms with Gasteiger partial charge in [0.1, 0.15) is 5.75 Å². The SMILES string of the molecule is CCOc1ccc(C(=O)NC2CCN(C(=O)Nc3ccccc3CC)CC2)cc1. The zero-order valence-corrected chi connectivity index (χ0v) is 17.1. The Morgan fingerprint density at radius 3 is 2.38 bits per heavy atom. The van der Waals surface area contributed by atoms with E-state index in [1.54, 1.807) is 24.3 Å². The molecule has 29 heavy (non-hydrogen) atoms. The van der Waals surface area contributed by atoms with Crippen LogP contribution in [0.3, 0.4) is 0 Å². The molecule has 2 aromatic carbocycles. The Hall–Kier alpha value is -3.02. The molecule has 6 heteroatoms. The van der Waals surface area contributed by atoms with Crippen molar-refractivity contribution in [2.45, 2.75) is 39.2 Å². The number of urea groups is 1. The maximum atomic E-state index is 12.6. The molecule has 2 N–H and O–H groups in total. The topological polar surface area (TPSA) is 70.7 Å². The number of ether oxygens (including phenoxy) is 1. The maximum Gasteiger partial charge on any atom is 0.321 e. The molecule has 6 nitrogen and oxygen atoms in total. The maximum absolute atomic E-state index is 12.6. The third-order valence-corrected chi connectivity index (χ3v) is 5.18. The third-order valence-electron chi connectivity index (χ3n) is 5.18. The van der Waals surface area contributed by atoms with Crippen molar-refractivity contribution in [3.05, 3.63) is 59.7 Å². The lowest BCUT2D eigenvalue weighted by atomic mass is 10.0. The zero-order chi connectivity index (χ0) is 20.6. The zero-order valence-electron chi connectivity index (χ0n) is 17.1. The molecule has 0 atom stereocenters. The lowest BCUT2D eigenvalue weighted by molar-refractivity contribution is 0.0919. The number of carbonyl (C=O) groups excluding carboxylic acids is 2. The number of piperidine rings is 1. The summed E-state index contributed by atoms with van der Waals surface area (Å²) in [7, 11) is 0. The molecule has 0 aromatic heterocycles. The first kappa shape index (κ1) is 20.7. The summed E-state index contributed by atoms with van der Waals surface area (Å²) in [6.45, 7) is 5.84. The lowest BCUT2D eigenvalue weighted by Gasteiger charge is -2.32. The van der Waals surface area contributed by atoms with Gasteiger partial charge in [0.15, 0.2) is 0 Å². The first-order valence-electron chi connectivity index (χ1n) is 10.3. The van der Waals surface area contributed by atoms with Crippen molar-refractivity contribution in [2.75, 3.05) is 25.0 Å². The molecule has 154 valence electrons. The van der Waals surface area contributed by atoms with Gasteiger partial charge in [0.05, 0.1) is 6.61 Å². The van der Waals surface area contributed by atoms with Gasteiger partial charge in [-0.1, -0.05) is 25.1 Å². The number of anilines is 1. The van der Waals surface area contributed by atoms with E-state index >= 15 is 0 Å². The molecule has 1 fully saturated rings. The van der Waals surface area contributed by atoms with Gasteiger partial charge in [-0.2, -0.15) is 0 Å². The molecule has 0 bridgehead atoms. The first-order chi connectivity index (χ1) is 14.1. The van der Waals surface area contributed by atoms with E-state index in [1.807, 2.05) is 36.1 Å². The summed E-state index contributed by atoms with van der Waals surface area (Å²) in [6, 6.07) is 15.0. The number of hydrogen-bond donors (Lipinski definition) is 2. The fraction of sp³-hybridized carbons (Fsp3) is 0.391. The van der Waals surface area contributed by atoms with E-state index in [4.69, 9.17) is 4.74 Å². The minimum absolute atomic E-state index is 0.0704. The Morgan fingerprint density at radius 1 is 1.03 bits per heavy atom. The Kier molecular flexibility index (Phi) is 7.11. The smallest absolute Gasteiger partial charge is 0.321 e. The van der Waals surface area contributed by atoms with Gasteiger partial charge in [-0.05, 0) is 62.1 Å². The van der Waals surface area contributed by atoms with E-state index in [2.05, 4.69) is 17.6 Å². The van der Waals surface area contributed by atoms with E-state index in [1.165, 1.54) is 0 Å². The second-order valence-corrected chi connectivity index (χ2v) is 7.13. The van der Waals surface area contributed by atoms with Crippen LogP contribution in [0.2, 0.25) is 0 Å². The number of nitrogens with one attached hydrogen (secondary N) is 2. The summed E-state index contributed by atoms with van der Waals surface area (Å²) in [4.78, 5) is 26.9. The number of aryl methyl sites for hydroxylation is 1. The molecular formula is C23H29N3O3. The minimum atomic E-state index is -0.0900. The number of benzene rings is 2. The van der Waals surface area contributed by atoms with E-state index in [0.29, 0.717) is 25.3 Å². The number of carbonyl (C=O) groups is 2. The van der Waals surface area contributed by atoms with Crippen LogP contribution < -0.4 is 15.4 Å². The van der Waals surface area contributed by atoms with Crippen LogP contribution in [0.5, 0.6) is 5.75 Å². The van der Waals surface area contributed by atoms with Crippen LogP contribution in [0, 0.1) is 0 Å². The molecule has 0 radical (unpaired) electrons. The number of rotatable bonds is 6. The van der Waals surface area contributed by atoms with E-state index in [9.17, 15) is 9.59 Å². The van der Waals surface area contributed by atoms with Crippen LogP contribution in [-0.2, 0) is 6.42 Å². The standard InChI is InChI=1S/C23H29N3O3/c1-3-17-7-5-6-8-21(17)25-23(28)26-15-13-19(14-16-26)24-22(27)18-9-11-20(12-10-18)29-4-2/h5-12,19H,3-4,13-16H2,1-2H3,(H,24,27)(H,25,28). The summed E-state index contributed by atoms with van der Waals surface area (Å²) >= 11 is 0. The molecule has 0 unspecified atom stereocenters. The second-order valence-electron chi connectivity index (χ2n) is 7.13. The summed E-state index contributed by atoms with van der Waals surface area (Å²) in [5, 5.41) is 6.09. The predicted molar refractivity (Wildman–Crippen MR) is 115 cm³/mol. The second kappa shape index (κ2) is 9.96. The van der Waals surface area contributed by atoms with Gasteiger partial charge < -0.3 is 20.3 Å². The molecule has 1 aliphatic heterocycles. The Balaban J connectivity index is 1.48. The fourth-order valence-corrected chi connectivity index (χ4v) is 3.51. The van der Waals surface area contributed by atoms with E-state index < -0.39 is 0 Å². The Labute approximate surface area is 172 Å². The lowest BCUT2D eigenvalue weighted by Crippen LogP contribution is -2.47. The summed E-state index contributed by atoms with van der Waals surface area (Å²) in [5.41, 5.74) is 2.61. The molecule has 2 aromatic rings. The third kappa shape index (κ3) is 5.50. The molecule has 3 rings (SSSR count). The molecular weight excluding hydrogens is 366 g/mol. The first-order valence-corrected chi connectivity index (χ1v) is 10.3. The average Bonchev–Trinajstić information content (AvgIpc) is 2.75. The number of amides is 3. The fourth-order valence-electron chi connectivity index (χ4n) is 3.51. The molecule has 0 aliphatic carbocycles. The molecule has 3 amide bonds. The quantitative estimate of drug-likeness (QED) is 0.774. The summed E-state index contributed by atoms with van der Waals surface area (Å²) in [6.07, 6.45) is 2.35. The van der Waals surface area contributed by atoms with Crippen LogP contribution in [0.25, 0.3) is 0 Å². The molecule has 1 aliphatic rings. The van der Waals surface area contributed by atoms with Crippen molar-refractivity contribution < 1.29 is 14.3 Å². The van der Waals surface area contributed by atoms with Crippen LogP contribution in [0.1, 0.15) is 42.6 Å². The number of likely N-dealkylation sites (tertiary alicyclic amines) is 1. The Morgan fingerprint density at radius 2 is 1.72 bits per heavy atom. The molecule has 1 saturated heterocycles. The van der Waals surface area contributed by atoms with Crippen LogP contribution in [0.15, 0.2) is 48.5 Å². The minimum Gasteiger partial charge on any atom is -0.494 e. The highest BCUT2D eigenvalue weighted by atomic mass is 16.5. The van der Waals surface area contributed by atoms with Gasteiger partial charge in [-0.25, -0.2) is 4.79 Å². The van der Waals surface area contributed by atoms with Crippen LogP contribution in [-0.4, -0.2) is 42.6 Å². The normalized spacial score (nSPS) is 14.3. The van der Waals surface area contributed by atoms with Gasteiger partial charge in [-0.15, -0.1) is 0 Å². The van der Waals surface area contributed by atoms with Crippen molar-refractivity contribution in [3.63, 3.8) is 0 Å². The van der Waals surface area contributed by atoms with Crippen molar-refractivity contribution in [1.82, 2.24) is 10.2 Å². The number of nitrogens with zero attached hydrogens (tertiary/aromatic N) is 1. The van der Waals surface area contributed by atoms with Crippen LogP contribution >= 0.6 is 0 Å². The molecule has 0 saturated carbocycles.